The van der Waals surface area contributed by atoms with Gasteiger partial charge in [-0.1, -0.05) is 0 Å². The molecule has 1 aliphatic rings. The molecule has 240 valence electrons. The summed E-state index contributed by atoms with van der Waals surface area (Å²) >= 11 is 0. The lowest BCUT2D eigenvalue weighted by molar-refractivity contribution is -0.384. The van der Waals surface area contributed by atoms with Crippen LogP contribution in [0.4, 0.5) is 11.6 Å². The molecule has 0 radical (unpaired) electrons. The molecule has 4 aromatic rings. The number of hydrogen-bond acceptors (Lipinski definition) is 12. The molecule has 46 heavy (non-hydrogen) atoms. The normalized spacial score (nSPS) is 15.6. The first-order chi connectivity index (χ1) is 22.3. The van der Waals surface area contributed by atoms with Crippen LogP contribution in [0.25, 0.3) is 0 Å². The average molecular weight is 631 g/mol. The minimum atomic E-state index is -0.575. The second-order valence-electron chi connectivity index (χ2n) is 10.4. The molecule has 2 atom stereocenters. The molecular weight excluding hydrogens is 596 g/mol. The first-order valence-corrected chi connectivity index (χ1v) is 14.4. The second kappa shape index (κ2) is 14.6. The molecule has 2 heterocycles. The van der Waals surface area contributed by atoms with E-state index in [0.29, 0.717) is 48.5 Å². The number of carbonyl (C=O) groups is 1. The molecule has 5 rings (SSSR count). The SMILES string of the molecule is COc1ccc(CN(Cc2ccc(OC)cc2OC)c2ncc([C@@H]3C[C@H](OC(=O)c4ccc([N+](=O)[O-])cc4)CO3)cn2)c(OC)c1. The number of esters is 1. The summed E-state index contributed by atoms with van der Waals surface area (Å²) in [5.41, 5.74) is 2.67. The van der Waals surface area contributed by atoms with Crippen LogP contribution in [0.5, 0.6) is 23.0 Å². The Kier molecular flexibility index (Phi) is 10.1. The molecule has 13 nitrogen and oxygen atoms in total. The number of benzene rings is 3. The largest absolute Gasteiger partial charge is 0.497 e. The summed E-state index contributed by atoms with van der Waals surface area (Å²) in [5.74, 6) is 2.58. The predicted molar refractivity (Wildman–Crippen MR) is 167 cm³/mol. The van der Waals surface area contributed by atoms with Crippen LogP contribution in [-0.4, -0.2) is 62.0 Å². The summed E-state index contributed by atoms with van der Waals surface area (Å²) < 4.78 is 33.5. The minimum Gasteiger partial charge on any atom is -0.497 e. The Morgan fingerprint density at radius 1 is 0.870 bits per heavy atom. The molecule has 1 fully saturated rings. The maximum absolute atomic E-state index is 12.6. The minimum absolute atomic E-state index is 0.103. The van der Waals surface area contributed by atoms with Crippen LogP contribution in [0.1, 0.15) is 39.6 Å². The van der Waals surface area contributed by atoms with Crippen molar-refractivity contribution in [2.75, 3.05) is 39.9 Å². The van der Waals surface area contributed by atoms with Crippen LogP contribution in [-0.2, 0) is 22.6 Å². The van der Waals surface area contributed by atoms with Gasteiger partial charge in [-0.15, -0.1) is 0 Å². The third-order valence-corrected chi connectivity index (χ3v) is 7.57. The van der Waals surface area contributed by atoms with Gasteiger partial charge in [-0.05, 0) is 36.4 Å². The van der Waals surface area contributed by atoms with E-state index in [1.165, 1.54) is 24.3 Å². The third-order valence-electron chi connectivity index (χ3n) is 7.57. The highest BCUT2D eigenvalue weighted by molar-refractivity contribution is 5.89. The summed E-state index contributed by atoms with van der Waals surface area (Å²) in [4.78, 5) is 34.3. The highest BCUT2D eigenvalue weighted by atomic mass is 16.6. The Balaban J connectivity index is 1.32. The number of nitrogens with zero attached hydrogens (tertiary/aromatic N) is 4. The van der Waals surface area contributed by atoms with E-state index in [1.807, 2.05) is 41.3 Å². The number of methoxy groups -OCH3 is 4. The number of ether oxygens (including phenoxy) is 6. The van der Waals surface area contributed by atoms with Gasteiger partial charge < -0.3 is 33.3 Å². The summed E-state index contributed by atoms with van der Waals surface area (Å²) in [5, 5.41) is 10.9. The predicted octanol–water partition coefficient (Wildman–Crippen LogP) is 5.31. The maximum Gasteiger partial charge on any atom is 0.338 e. The van der Waals surface area contributed by atoms with E-state index in [9.17, 15) is 14.9 Å². The van der Waals surface area contributed by atoms with Crippen LogP contribution >= 0.6 is 0 Å². The molecule has 0 bridgehead atoms. The summed E-state index contributed by atoms with van der Waals surface area (Å²) in [6.07, 6.45) is 2.96. The molecular formula is C33H34N4O9. The van der Waals surface area contributed by atoms with E-state index >= 15 is 0 Å². The Hall–Kier alpha value is -5.43. The van der Waals surface area contributed by atoms with Gasteiger partial charge in [0.2, 0.25) is 5.95 Å². The van der Waals surface area contributed by atoms with Gasteiger partial charge in [0, 0.05) is 72.9 Å². The fourth-order valence-corrected chi connectivity index (χ4v) is 5.09. The van der Waals surface area contributed by atoms with Crippen molar-refractivity contribution in [3.05, 3.63) is 105 Å². The fraction of sp³-hybridized carbons (Fsp3) is 0.303. The van der Waals surface area contributed by atoms with E-state index in [1.54, 1.807) is 40.8 Å². The zero-order chi connectivity index (χ0) is 32.6. The number of rotatable bonds is 13. The van der Waals surface area contributed by atoms with Crippen molar-refractivity contribution in [1.29, 1.82) is 0 Å². The van der Waals surface area contributed by atoms with Gasteiger partial charge in [0.15, 0.2) is 0 Å². The monoisotopic (exact) mass is 630 g/mol. The Labute approximate surface area is 265 Å². The smallest absolute Gasteiger partial charge is 0.338 e. The number of hydrogen-bond donors (Lipinski definition) is 0. The number of aromatic nitrogens is 2. The van der Waals surface area contributed by atoms with Crippen molar-refractivity contribution in [2.45, 2.75) is 31.7 Å². The fourth-order valence-electron chi connectivity index (χ4n) is 5.09. The van der Waals surface area contributed by atoms with Crippen LogP contribution < -0.4 is 23.8 Å². The van der Waals surface area contributed by atoms with Gasteiger partial charge in [0.05, 0.1) is 51.6 Å². The molecule has 0 saturated carbocycles. The van der Waals surface area contributed by atoms with Crippen LogP contribution in [0.2, 0.25) is 0 Å². The number of non-ortho nitro benzene ring substituents is 1. The van der Waals surface area contributed by atoms with Crippen LogP contribution in [0.15, 0.2) is 73.1 Å². The van der Waals surface area contributed by atoms with Crippen molar-refractivity contribution in [3.8, 4) is 23.0 Å². The quantitative estimate of drug-likeness (QED) is 0.107. The number of anilines is 1. The second-order valence-corrected chi connectivity index (χ2v) is 10.4. The lowest BCUT2D eigenvalue weighted by atomic mass is 10.1. The maximum atomic E-state index is 12.6. The van der Waals surface area contributed by atoms with Crippen molar-refractivity contribution < 1.29 is 38.1 Å². The third kappa shape index (κ3) is 7.44. The number of nitro benzene ring substituents is 1. The summed E-state index contributed by atoms with van der Waals surface area (Å²) in [6.45, 7) is 1.04. The molecule has 13 heteroatoms. The highest BCUT2D eigenvalue weighted by Gasteiger charge is 2.31. The van der Waals surface area contributed by atoms with Crippen LogP contribution in [0, 0.1) is 10.1 Å². The standard InChI is InChI=1S/C33H34N4O9/c1-41-26-11-7-22(29(13-26)43-3)18-36(19-23-8-12-27(42-2)14-30(23)44-4)33-34-16-24(17-35-33)31-15-28(20-45-31)46-32(38)21-5-9-25(10-6-21)37(39)40/h5-14,16-17,28,31H,15,18-20H2,1-4H3/t28-,31-/m0/s1. The van der Waals surface area contributed by atoms with Gasteiger partial charge in [-0.25, -0.2) is 14.8 Å². The van der Waals surface area contributed by atoms with Crippen molar-refractivity contribution in [3.63, 3.8) is 0 Å². The van der Waals surface area contributed by atoms with Crippen molar-refractivity contribution in [2.24, 2.45) is 0 Å². The zero-order valence-corrected chi connectivity index (χ0v) is 25.9. The molecule has 3 aromatic carbocycles. The van der Waals surface area contributed by atoms with Gasteiger partial charge >= 0.3 is 5.97 Å². The van der Waals surface area contributed by atoms with Gasteiger partial charge in [0.25, 0.3) is 5.69 Å². The van der Waals surface area contributed by atoms with E-state index in [2.05, 4.69) is 0 Å². The van der Waals surface area contributed by atoms with Gasteiger partial charge in [0.1, 0.15) is 29.1 Å². The molecule has 1 saturated heterocycles. The summed E-state index contributed by atoms with van der Waals surface area (Å²) in [6, 6.07) is 16.5. The zero-order valence-electron chi connectivity index (χ0n) is 25.9. The van der Waals surface area contributed by atoms with E-state index < -0.39 is 17.0 Å². The topological polar surface area (TPSA) is 145 Å². The molecule has 0 amide bonds. The molecule has 0 N–H and O–H groups in total. The molecule has 0 unspecified atom stereocenters. The summed E-state index contributed by atoms with van der Waals surface area (Å²) in [7, 11) is 6.42. The van der Waals surface area contributed by atoms with E-state index in [4.69, 9.17) is 38.4 Å². The van der Waals surface area contributed by atoms with E-state index in [0.717, 1.165) is 16.7 Å². The average Bonchev–Trinajstić information content (AvgIpc) is 3.56. The van der Waals surface area contributed by atoms with Gasteiger partial charge in [-0.2, -0.15) is 0 Å². The van der Waals surface area contributed by atoms with Crippen LogP contribution in [0.3, 0.4) is 0 Å². The molecule has 1 aliphatic heterocycles. The lowest BCUT2D eigenvalue weighted by Gasteiger charge is -2.25. The number of carbonyl (C=O) groups excluding carboxylic acids is 1. The van der Waals surface area contributed by atoms with Crippen molar-refractivity contribution >= 4 is 17.6 Å². The van der Waals surface area contributed by atoms with Gasteiger partial charge in [-0.3, -0.25) is 10.1 Å². The van der Waals surface area contributed by atoms with Crippen molar-refractivity contribution in [1.82, 2.24) is 9.97 Å². The highest BCUT2D eigenvalue weighted by Crippen LogP contribution is 2.33. The Morgan fingerprint density at radius 2 is 1.43 bits per heavy atom. The molecule has 0 aliphatic carbocycles. The lowest BCUT2D eigenvalue weighted by Crippen LogP contribution is -2.25. The number of nitro groups is 1. The molecule has 0 spiro atoms. The first-order valence-electron chi connectivity index (χ1n) is 14.4. The Morgan fingerprint density at radius 3 is 1.93 bits per heavy atom. The van der Waals surface area contributed by atoms with E-state index in [-0.39, 0.29) is 24.0 Å². The first kappa shape index (κ1) is 32.0. The molecule has 1 aromatic heterocycles. The Bertz CT molecular complexity index is 1610.